The van der Waals surface area contributed by atoms with Gasteiger partial charge in [0.2, 0.25) is 5.88 Å². The zero-order valence-electron chi connectivity index (χ0n) is 11.6. The van der Waals surface area contributed by atoms with Crippen molar-refractivity contribution < 1.29 is 4.74 Å². The average Bonchev–Trinajstić information content (AvgIpc) is 2.50. The van der Waals surface area contributed by atoms with E-state index in [0.717, 1.165) is 22.2 Å². The Morgan fingerprint density at radius 1 is 1.10 bits per heavy atom. The summed E-state index contributed by atoms with van der Waals surface area (Å²) in [5, 5.41) is 4.93. The van der Waals surface area contributed by atoms with E-state index in [-0.39, 0.29) is 0 Å². The number of nitrogens with zero attached hydrogens (tertiary/aromatic N) is 1. The van der Waals surface area contributed by atoms with Crippen LogP contribution in [0.3, 0.4) is 0 Å². The van der Waals surface area contributed by atoms with Gasteiger partial charge in [0.25, 0.3) is 0 Å². The van der Waals surface area contributed by atoms with E-state index in [1.807, 2.05) is 43.4 Å². The highest BCUT2D eigenvalue weighted by molar-refractivity contribution is 6.30. The van der Waals surface area contributed by atoms with Crippen molar-refractivity contribution in [2.24, 2.45) is 0 Å². The molecule has 21 heavy (non-hydrogen) atoms. The Balaban J connectivity index is 2.02. The van der Waals surface area contributed by atoms with Gasteiger partial charge in [-0.05, 0) is 43.4 Å². The minimum absolute atomic E-state index is 0.616. The molecule has 0 amide bonds. The molecule has 4 heteroatoms. The number of hydrogen-bond donors (Lipinski definition) is 1. The Morgan fingerprint density at radius 3 is 2.62 bits per heavy atom. The van der Waals surface area contributed by atoms with Gasteiger partial charge in [-0.3, -0.25) is 0 Å². The minimum atomic E-state index is 0.616. The van der Waals surface area contributed by atoms with Crippen molar-refractivity contribution in [1.82, 2.24) is 10.3 Å². The fraction of sp³-hybridized carbons (Fsp3) is 0.118. The molecule has 3 aromatic rings. The van der Waals surface area contributed by atoms with E-state index in [4.69, 9.17) is 16.3 Å². The van der Waals surface area contributed by atoms with Crippen LogP contribution in [0.5, 0.6) is 11.6 Å². The lowest BCUT2D eigenvalue weighted by Crippen LogP contribution is -2.07. The summed E-state index contributed by atoms with van der Waals surface area (Å²) in [6, 6.07) is 17.4. The Morgan fingerprint density at radius 2 is 1.86 bits per heavy atom. The van der Waals surface area contributed by atoms with Crippen LogP contribution in [-0.2, 0) is 6.54 Å². The number of para-hydroxylation sites is 1. The normalized spacial score (nSPS) is 10.8. The maximum Gasteiger partial charge on any atom is 0.224 e. The van der Waals surface area contributed by atoms with Crippen molar-refractivity contribution in [2.45, 2.75) is 6.54 Å². The molecule has 0 aliphatic heterocycles. The molecule has 1 heterocycles. The minimum Gasteiger partial charge on any atom is -0.439 e. The fourth-order valence-electron chi connectivity index (χ4n) is 2.16. The average molecular weight is 299 g/mol. The van der Waals surface area contributed by atoms with Crippen molar-refractivity contribution in [3.63, 3.8) is 0 Å². The van der Waals surface area contributed by atoms with Crippen LogP contribution in [0.2, 0.25) is 5.02 Å². The molecule has 106 valence electrons. The third-order valence-corrected chi connectivity index (χ3v) is 3.41. The first-order valence-electron chi connectivity index (χ1n) is 6.73. The van der Waals surface area contributed by atoms with Gasteiger partial charge in [0.15, 0.2) is 0 Å². The van der Waals surface area contributed by atoms with Crippen molar-refractivity contribution in [1.29, 1.82) is 0 Å². The third-order valence-electron chi connectivity index (χ3n) is 3.16. The SMILES string of the molecule is CNCc1cc2ccccc2nc1Oc1ccc(Cl)cc1. The van der Waals surface area contributed by atoms with Gasteiger partial charge in [-0.1, -0.05) is 29.8 Å². The highest BCUT2D eigenvalue weighted by atomic mass is 35.5. The van der Waals surface area contributed by atoms with Gasteiger partial charge in [-0.2, -0.15) is 0 Å². The molecule has 0 unspecified atom stereocenters. The molecule has 0 fully saturated rings. The van der Waals surface area contributed by atoms with Gasteiger partial charge in [-0.25, -0.2) is 4.98 Å². The van der Waals surface area contributed by atoms with Crippen LogP contribution in [0.1, 0.15) is 5.56 Å². The molecule has 1 aromatic heterocycles. The van der Waals surface area contributed by atoms with E-state index >= 15 is 0 Å². The largest absolute Gasteiger partial charge is 0.439 e. The molecule has 3 nitrogen and oxygen atoms in total. The molecule has 0 aliphatic rings. The molecule has 0 spiro atoms. The number of benzene rings is 2. The monoisotopic (exact) mass is 298 g/mol. The first kappa shape index (κ1) is 13.9. The van der Waals surface area contributed by atoms with E-state index in [1.165, 1.54) is 0 Å². The lowest BCUT2D eigenvalue weighted by Gasteiger charge is -2.11. The molecular formula is C17H15ClN2O. The smallest absolute Gasteiger partial charge is 0.224 e. The predicted octanol–water partition coefficient (Wildman–Crippen LogP) is 4.40. The molecule has 0 saturated carbocycles. The van der Waals surface area contributed by atoms with Crippen molar-refractivity contribution in [2.75, 3.05) is 7.05 Å². The molecule has 2 aromatic carbocycles. The summed E-state index contributed by atoms with van der Waals surface area (Å²) in [4.78, 5) is 4.62. The van der Waals surface area contributed by atoms with Crippen LogP contribution >= 0.6 is 11.6 Å². The number of nitrogens with one attached hydrogen (secondary N) is 1. The molecule has 0 aliphatic carbocycles. The van der Waals surface area contributed by atoms with Crippen LogP contribution in [-0.4, -0.2) is 12.0 Å². The number of hydrogen-bond acceptors (Lipinski definition) is 3. The molecule has 0 atom stereocenters. The van der Waals surface area contributed by atoms with E-state index < -0.39 is 0 Å². The first-order valence-corrected chi connectivity index (χ1v) is 7.11. The number of halogens is 1. The highest BCUT2D eigenvalue weighted by Crippen LogP contribution is 2.27. The number of rotatable bonds is 4. The first-order chi connectivity index (χ1) is 10.3. The maximum absolute atomic E-state index is 5.92. The molecule has 1 N–H and O–H groups in total. The van der Waals surface area contributed by atoms with Gasteiger partial charge < -0.3 is 10.1 Å². The highest BCUT2D eigenvalue weighted by Gasteiger charge is 2.09. The van der Waals surface area contributed by atoms with Crippen LogP contribution in [0.4, 0.5) is 0 Å². The standard InChI is InChI=1S/C17H15ClN2O/c1-19-11-13-10-12-4-2-3-5-16(12)20-17(13)21-15-8-6-14(18)7-9-15/h2-10,19H,11H2,1H3. The van der Waals surface area contributed by atoms with Crippen molar-refractivity contribution in [3.8, 4) is 11.6 Å². The Hall–Kier alpha value is -2.10. The second-order valence-corrected chi connectivity index (χ2v) is 5.17. The summed E-state index contributed by atoms with van der Waals surface area (Å²) in [5.41, 5.74) is 1.94. The molecule has 0 bridgehead atoms. The van der Waals surface area contributed by atoms with E-state index in [1.54, 1.807) is 12.1 Å². The summed E-state index contributed by atoms with van der Waals surface area (Å²) >= 11 is 5.89. The Kier molecular flexibility index (Phi) is 4.04. The van der Waals surface area contributed by atoms with Crippen molar-refractivity contribution >= 4 is 22.5 Å². The van der Waals surface area contributed by atoms with E-state index in [2.05, 4.69) is 16.4 Å². The van der Waals surface area contributed by atoms with Gasteiger partial charge in [0.05, 0.1) is 5.52 Å². The predicted molar refractivity (Wildman–Crippen MR) is 86.0 cm³/mol. The van der Waals surface area contributed by atoms with Gasteiger partial charge >= 0.3 is 0 Å². The molecule has 0 saturated heterocycles. The third kappa shape index (κ3) is 3.15. The molecule has 3 rings (SSSR count). The number of fused-ring (bicyclic) bond motifs is 1. The number of aromatic nitrogens is 1. The van der Waals surface area contributed by atoms with Gasteiger partial charge in [-0.15, -0.1) is 0 Å². The quantitative estimate of drug-likeness (QED) is 0.775. The zero-order chi connectivity index (χ0) is 14.7. The number of pyridine rings is 1. The summed E-state index contributed by atoms with van der Waals surface area (Å²) in [6.07, 6.45) is 0. The van der Waals surface area contributed by atoms with Crippen molar-refractivity contribution in [3.05, 3.63) is 65.2 Å². The van der Waals surface area contributed by atoms with Gasteiger partial charge in [0.1, 0.15) is 5.75 Å². The maximum atomic E-state index is 5.92. The van der Waals surface area contributed by atoms with E-state index in [9.17, 15) is 0 Å². The fourth-order valence-corrected chi connectivity index (χ4v) is 2.29. The lowest BCUT2D eigenvalue weighted by atomic mass is 10.1. The summed E-state index contributed by atoms with van der Waals surface area (Å²) in [7, 11) is 1.90. The summed E-state index contributed by atoms with van der Waals surface area (Å²) in [6.45, 7) is 0.695. The zero-order valence-corrected chi connectivity index (χ0v) is 12.4. The Labute approximate surface area is 128 Å². The summed E-state index contributed by atoms with van der Waals surface area (Å²) in [5.74, 6) is 1.34. The second-order valence-electron chi connectivity index (χ2n) is 4.73. The number of ether oxygens (including phenoxy) is 1. The summed E-state index contributed by atoms with van der Waals surface area (Å²) < 4.78 is 5.92. The Bertz CT molecular complexity index is 756. The van der Waals surface area contributed by atoms with Crippen LogP contribution in [0, 0.1) is 0 Å². The van der Waals surface area contributed by atoms with Crippen LogP contribution < -0.4 is 10.1 Å². The van der Waals surface area contributed by atoms with Gasteiger partial charge in [0, 0.05) is 22.5 Å². The van der Waals surface area contributed by atoms with E-state index in [0.29, 0.717) is 17.4 Å². The molecule has 0 radical (unpaired) electrons. The van der Waals surface area contributed by atoms with Crippen LogP contribution in [0.15, 0.2) is 54.6 Å². The molecular weight excluding hydrogens is 284 g/mol. The second kappa shape index (κ2) is 6.12. The lowest BCUT2D eigenvalue weighted by molar-refractivity contribution is 0.456. The topological polar surface area (TPSA) is 34.2 Å². The van der Waals surface area contributed by atoms with Crippen LogP contribution in [0.25, 0.3) is 10.9 Å².